The van der Waals surface area contributed by atoms with E-state index in [1.54, 1.807) is 19.2 Å². The monoisotopic (exact) mass is 389 g/mol. The number of nitrogens with one attached hydrogen (secondary N) is 1. The van der Waals surface area contributed by atoms with Crippen molar-refractivity contribution in [3.05, 3.63) is 12.1 Å². The SMILES string of the molecule is COc1cc(N(C)C(=O)CNC(=O)[C@@H](N)C(C)C)cc(OC)c1OC.Cl. The van der Waals surface area contributed by atoms with Gasteiger partial charge >= 0.3 is 0 Å². The maximum atomic E-state index is 12.4. The molecule has 0 fully saturated rings. The van der Waals surface area contributed by atoms with Crippen LogP contribution in [-0.2, 0) is 9.59 Å². The van der Waals surface area contributed by atoms with Crippen LogP contribution >= 0.6 is 12.4 Å². The number of anilines is 1. The molecule has 148 valence electrons. The minimum Gasteiger partial charge on any atom is -0.493 e. The minimum atomic E-state index is -0.653. The van der Waals surface area contributed by atoms with Crippen molar-refractivity contribution < 1.29 is 23.8 Å². The van der Waals surface area contributed by atoms with Crippen LogP contribution in [0.2, 0.25) is 0 Å². The maximum absolute atomic E-state index is 12.4. The number of nitrogens with two attached hydrogens (primary N) is 1. The van der Waals surface area contributed by atoms with E-state index in [0.717, 1.165) is 0 Å². The summed E-state index contributed by atoms with van der Waals surface area (Å²) in [5.41, 5.74) is 6.30. The molecule has 0 radical (unpaired) electrons. The average Bonchev–Trinajstić information content (AvgIpc) is 2.62. The van der Waals surface area contributed by atoms with Gasteiger partial charge < -0.3 is 30.2 Å². The molecule has 0 aliphatic rings. The zero-order chi connectivity index (χ0) is 19.1. The first-order valence-corrected chi connectivity index (χ1v) is 7.86. The first-order valence-electron chi connectivity index (χ1n) is 7.86. The van der Waals surface area contributed by atoms with E-state index < -0.39 is 6.04 Å². The number of carbonyl (C=O) groups excluding carboxylic acids is 2. The van der Waals surface area contributed by atoms with Gasteiger partial charge in [-0.2, -0.15) is 0 Å². The predicted octanol–water partition coefficient (Wildman–Crippen LogP) is 1.20. The molecule has 0 aliphatic carbocycles. The van der Waals surface area contributed by atoms with Crippen molar-refractivity contribution in [2.45, 2.75) is 19.9 Å². The highest BCUT2D eigenvalue weighted by molar-refractivity contribution is 5.97. The number of benzene rings is 1. The fourth-order valence-corrected chi connectivity index (χ4v) is 2.11. The normalized spacial score (nSPS) is 11.2. The molecular weight excluding hydrogens is 362 g/mol. The van der Waals surface area contributed by atoms with Gasteiger partial charge in [0.1, 0.15) is 0 Å². The molecule has 26 heavy (non-hydrogen) atoms. The van der Waals surface area contributed by atoms with Crippen LogP contribution in [-0.4, -0.2) is 52.8 Å². The van der Waals surface area contributed by atoms with Crippen LogP contribution in [0.4, 0.5) is 5.69 Å². The number of carbonyl (C=O) groups is 2. The number of halogens is 1. The molecule has 2 amide bonds. The Kier molecular flexibility index (Phi) is 9.82. The van der Waals surface area contributed by atoms with E-state index in [0.29, 0.717) is 22.9 Å². The minimum absolute atomic E-state index is 0. The average molecular weight is 390 g/mol. The Morgan fingerprint density at radius 2 is 1.62 bits per heavy atom. The molecule has 8 nitrogen and oxygen atoms in total. The smallest absolute Gasteiger partial charge is 0.246 e. The molecule has 0 saturated carbocycles. The van der Waals surface area contributed by atoms with Gasteiger partial charge in [-0.15, -0.1) is 12.4 Å². The van der Waals surface area contributed by atoms with Crippen molar-refractivity contribution in [1.82, 2.24) is 5.32 Å². The van der Waals surface area contributed by atoms with E-state index in [4.69, 9.17) is 19.9 Å². The summed E-state index contributed by atoms with van der Waals surface area (Å²) in [6.07, 6.45) is 0. The van der Waals surface area contributed by atoms with E-state index in [1.165, 1.54) is 26.2 Å². The van der Waals surface area contributed by atoms with E-state index in [-0.39, 0.29) is 36.7 Å². The molecular formula is C17H28ClN3O5. The standard InChI is InChI=1S/C17H27N3O5.ClH/c1-10(2)15(18)17(22)19-9-14(21)20(3)11-7-12(23-4)16(25-6)13(8-11)24-5;/h7-8,10,15H,9,18H2,1-6H3,(H,19,22);1H/t15-;/m0./s1. The van der Waals surface area contributed by atoms with Gasteiger partial charge in [-0.1, -0.05) is 13.8 Å². The molecule has 0 heterocycles. The van der Waals surface area contributed by atoms with Crippen molar-refractivity contribution in [1.29, 1.82) is 0 Å². The molecule has 0 spiro atoms. The van der Waals surface area contributed by atoms with Crippen molar-refractivity contribution in [3.8, 4) is 17.2 Å². The van der Waals surface area contributed by atoms with Crippen LogP contribution in [0, 0.1) is 5.92 Å². The second-order valence-electron chi connectivity index (χ2n) is 5.82. The Morgan fingerprint density at radius 1 is 1.12 bits per heavy atom. The molecule has 1 aromatic carbocycles. The molecule has 9 heteroatoms. The summed E-state index contributed by atoms with van der Waals surface area (Å²) in [6.45, 7) is 3.52. The Balaban J connectivity index is 0.00000625. The van der Waals surface area contributed by atoms with Gasteiger partial charge in [0.25, 0.3) is 0 Å². The number of hydrogen-bond acceptors (Lipinski definition) is 6. The van der Waals surface area contributed by atoms with Gasteiger partial charge in [-0.3, -0.25) is 9.59 Å². The van der Waals surface area contributed by atoms with Gasteiger partial charge in [0.05, 0.1) is 39.6 Å². The van der Waals surface area contributed by atoms with Crippen molar-refractivity contribution >= 4 is 29.9 Å². The van der Waals surface area contributed by atoms with E-state index >= 15 is 0 Å². The second-order valence-corrected chi connectivity index (χ2v) is 5.82. The first-order chi connectivity index (χ1) is 11.8. The highest BCUT2D eigenvalue weighted by Gasteiger charge is 2.21. The number of rotatable bonds is 8. The number of amides is 2. The summed E-state index contributed by atoms with van der Waals surface area (Å²) >= 11 is 0. The maximum Gasteiger partial charge on any atom is 0.246 e. The van der Waals surface area contributed by atoms with Crippen molar-refractivity contribution in [2.75, 3.05) is 39.8 Å². The Bertz CT molecular complexity index is 599. The third-order valence-corrected chi connectivity index (χ3v) is 3.85. The van der Waals surface area contributed by atoms with Crippen molar-refractivity contribution in [3.63, 3.8) is 0 Å². The third-order valence-electron chi connectivity index (χ3n) is 3.85. The van der Waals surface area contributed by atoms with E-state index in [2.05, 4.69) is 5.32 Å². The predicted molar refractivity (Wildman–Crippen MR) is 103 cm³/mol. The van der Waals surface area contributed by atoms with Crippen LogP contribution in [0.3, 0.4) is 0 Å². The topological polar surface area (TPSA) is 103 Å². The van der Waals surface area contributed by atoms with Crippen LogP contribution in [0.25, 0.3) is 0 Å². The highest BCUT2D eigenvalue weighted by Crippen LogP contribution is 2.40. The summed E-state index contributed by atoms with van der Waals surface area (Å²) in [5, 5.41) is 2.55. The zero-order valence-electron chi connectivity index (χ0n) is 16.0. The van der Waals surface area contributed by atoms with E-state index in [9.17, 15) is 9.59 Å². The fourth-order valence-electron chi connectivity index (χ4n) is 2.11. The van der Waals surface area contributed by atoms with Gasteiger partial charge in [0.15, 0.2) is 11.5 Å². The highest BCUT2D eigenvalue weighted by atomic mass is 35.5. The number of likely N-dealkylation sites (N-methyl/N-ethyl adjacent to an activating group) is 1. The molecule has 1 atom stereocenters. The molecule has 0 saturated heterocycles. The summed E-state index contributed by atoms with van der Waals surface area (Å²) in [5.74, 6) is 0.624. The molecule has 0 aromatic heterocycles. The molecule has 0 unspecified atom stereocenters. The molecule has 1 rings (SSSR count). The van der Waals surface area contributed by atoms with Gasteiger partial charge in [0.2, 0.25) is 17.6 Å². The van der Waals surface area contributed by atoms with Gasteiger partial charge in [-0.05, 0) is 5.92 Å². The van der Waals surface area contributed by atoms with Crippen LogP contribution in [0.15, 0.2) is 12.1 Å². The summed E-state index contributed by atoms with van der Waals surface area (Å²) < 4.78 is 15.8. The molecule has 0 bridgehead atoms. The lowest BCUT2D eigenvalue weighted by atomic mass is 10.1. The largest absolute Gasteiger partial charge is 0.493 e. The fraction of sp³-hybridized carbons (Fsp3) is 0.529. The quantitative estimate of drug-likeness (QED) is 0.692. The van der Waals surface area contributed by atoms with Gasteiger partial charge in [0, 0.05) is 19.2 Å². The Morgan fingerprint density at radius 3 is 2.00 bits per heavy atom. The Labute approximate surface area is 160 Å². The van der Waals surface area contributed by atoms with Gasteiger partial charge in [-0.25, -0.2) is 0 Å². The lowest BCUT2D eigenvalue weighted by Gasteiger charge is -2.21. The summed E-state index contributed by atoms with van der Waals surface area (Å²) in [7, 11) is 6.09. The number of hydrogen-bond donors (Lipinski definition) is 2. The molecule has 3 N–H and O–H groups in total. The lowest BCUT2D eigenvalue weighted by Crippen LogP contribution is -2.47. The second kappa shape index (κ2) is 10.7. The van der Waals surface area contributed by atoms with Crippen LogP contribution in [0.5, 0.6) is 17.2 Å². The molecule has 0 aliphatic heterocycles. The third kappa shape index (κ3) is 5.67. The summed E-state index contributed by atoms with van der Waals surface area (Å²) in [6, 6.07) is 2.65. The van der Waals surface area contributed by atoms with E-state index in [1.807, 2.05) is 13.8 Å². The number of methoxy groups -OCH3 is 3. The van der Waals surface area contributed by atoms with Crippen LogP contribution < -0.4 is 30.2 Å². The van der Waals surface area contributed by atoms with Crippen LogP contribution in [0.1, 0.15) is 13.8 Å². The zero-order valence-corrected chi connectivity index (χ0v) is 16.8. The van der Waals surface area contributed by atoms with Crippen molar-refractivity contribution in [2.24, 2.45) is 11.7 Å². The molecule has 1 aromatic rings. The first kappa shape index (κ1) is 23.8. The number of ether oxygens (including phenoxy) is 3. The lowest BCUT2D eigenvalue weighted by molar-refractivity contribution is -0.126. The number of nitrogens with zero attached hydrogens (tertiary/aromatic N) is 1. The Hall–Kier alpha value is -2.19. The summed E-state index contributed by atoms with van der Waals surface area (Å²) in [4.78, 5) is 25.6.